The smallest absolute Gasteiger partial charge is 0.376 e. The molecule has 0 fully saturated rings. The number of ether oxygens (including phenoxy) is 9. The molecule has 0 rings (SSSR count). The Morgan fingerprint density at radius 2 is 0.570 bits per heavy atom. The molecule has 11 unspecified atom stereocenters. The molecule has 0 aliphatic rings. The second-order valence-electron chi connectivity index (χ2n) is 20.2. The molecule has 0 saturated carbocycles. The van der Waals surface area contributed by atoms with Crippen LogP contribution in [0.3, 0.4) is 0 Å². The lowest BCUT2D eigenvalue weighted by Crippen LogP contribution is -2.66. The number of nitrogens with two attached hydrogens (primary N) is 1. The SMILES string of the molecule is FC(F)F.FC(F)OC(F)(C(F)(F)F)C(F)(F)OC(F)C(F)(F)F.FC(OC(F)(F)C(F)(OC(F)(F)C(F)(F)C(F)(F)F)C(F)(F)F)C(F)(F)F.FC(OC(F)(F)C(F)F)C(F)(F)F.NCCNC(=O)C(F)(OC(F)(F)C(F)(OC(F)F)C(F)(F)F)C(F)(F)F.O=C(NCCCCCC(O)(POOO)POOO)C(F)(OC(F)(F)C(F)(OC(F)F)C(F)(F)F)C(F)(F)F. The molecule has 21 nitrogen and oxygen atoms in total. The van der Waals surface area contributed by atoms with E-state index >= 15 is 0 Å². The molecule has 87 heteroatoms. The van der Waals surface area contributed by atoms with E-state index in [-0.39, 0.29) is 19.3 Å². The average Bonchev–Trinajstić information content (AvgIpc) is 0.747. The van der Waals surface area contributed by atoms with Gasteiger partial charge in [0.05, 0.1) is 17.6 Å². The highest BCUT2D eigenvalue weighted by molar-refractivity contribution is 7.53. The number of rotatable bonds is 40. The predicted octanol–water partition coefficient (Wildman–Crippen LogP) is 20.3. The van der Waals surface area contributed by atoms with Gasteiger partial charge in [-0.1, -0.05) is 16.5 Å². The minimum absolute atomic E-state index is 0.120. The van der Waals surface area contributed by atoms with Crippen LogP contribution >= 0.6 is 17.6 Å². The van der Waals surface area contributed by atoms with Crippen molar-refractivity contribution < 1.29 is 368 Å². The normalized spacial score (nSPS) is 18.2. The van der Waals surface area contributed by atoms with Crippen LogP contribution in [-0.4, -0.2) is 244 Å². The molecule has 2 amide bonds. The number of amides is 2. The minimum atomic E-state index is -7.78. The number of halogens is 64. The molecule has 0 saturated heterocycles. The van der Waals surface area contributed by atoms with E-state index in [1.807, 2.05) is 14.2 Å². The van der Waals surface area contributed by atoms with E-state index in [0.717, 1.165) is 10.6 Å². The number of hydrogen-bond acceptors (Lipinski definition) is 19. The Kier molecular flexibility index (Phi) is 49.7. The van der Waals surface area contributed by atoms with Crippen molar-refractivity contribution in [3.8, 4) is 0 Å². The quantitative estimate of drug-likeness (QED) is 0.0109. The van der Waals surface area contributed by atoms with Crippen LogP contribution in [0.25, 0.3) is 0 Å². The zero-order chi connectivity index (χ0) is 105. The maximum atomic E-state index is 14.3. The summed E-state index contributed by atoms with van der Waals surface area (Å²) in [6, 6.07) is 0. The Morgan fingerprint density at radius 3 is 0.797 bits per heavy atom. The second kappa shape index (κ2) is 47.7. The first-order chi connectivity index (χ1) is 55.7. The summed E-state index contributed by atoms with van der Waals surface area (Å²) in [6.45, 7) is -21.1. The van der Waals surface area contributed by atoms with Crippen LogP contribution in [0, 0.1) is 0 Å². The highest BCUT2D eigenvalue weighted by atomic mass is 31.1. The van der Waals surface area contributed by atoms with Crippen LogP contribution in [0.2, 0.25) is 0 Å². The summed E-state index contributed by atoms with van der Waals surface area (Å²) in [5.74, 6) is -55.2. The molecule has 0 heterocycles. The lowest BCUT2D eigenvalue weighted by Gasteiger charge is -2.38. The molecule has 0 aromatic rings. The van der Waals surface area contributed by atoms with Gasteiger partial charge in [0.25, 0.3) is 30.9 Å². The number of nitrogens with one attached hydrogen (secondary N) is 2. The van der Waals surface area contributed by atoms with Crippen molar-refractivity contribution >= 4 is 29.4 Å². The summed E-state index contributed by atoms with van der Waals surface area (Å²) in [6.07, 6.45) is -131. The maximum Gasteiger partial charge on any atom is 0.462 e. The number of carbonyl (C=O) groups is 2. The molecular weight excluding hydrogens is 2100 g/mol. The third kappa shape index (κ3) is 38.9. The zero-order valence-electron chi connectivity index (χ0n) is 56.8. The van der Waals surface area contributed by atoms with Gasteiger partial charge in [0.15, 0.2) is 5.08 Å². The monoisotopic (exact) mass is 2130 g/mol. The fourth-order valence-electron chi connectivity index (χ4n) is 5.30. The van der Waals surface area contributed by atoms with E-state index < -0.39 is 252 Å². The lowest BCUT2D eigenvalue weighted by molar-refractivity contribution is -0.543. The van der Waals surface area contributed by atoms with Crippen molar-refractivity contribution in [3.63, 3.8) is 0 Å². The first-order valence-electron chi connectivity index (χ1n) is 27.7. The van der Waals surface area contributed by atoms with E-state index in [2.05, 4.69) is 38.4 Å². The van der Waals surface area contributed by atoms with Gasteiger partial charge in [0, 0.05) is 19.6 Å². The van der Waals surface area contributed by atoms with Gasteiger partial charge in [-0.3, -0.25) is 52.2 Å². The van der Waals surface area contributed by atoms with Gasteiger partial charge in [-0.2, -0.15) is 268 Å². The summed E-state index contributed by atoms with van der Waals surface area (Å²) in [4.78, 5) is 22.6. The topological polar surface area (TPSA) is 265 Å². The molecule has 776 valence electrons. The van der Waals surface area contributed by atoms with Crippen molar-refractivity contribution in [1.82, 2.24) is 10.6 Å². The fraction of sp³-hybridized carbons (Fsp3) is 0.951. The minimum Gasteiger partial charge on any atom is -0.376 e. The summed E-state index contributed by atoms with van der Waals surface area (Å²) in [5.41, 5.74) is 4.72. The van der Waals surface area contributed by atoms with Crippen LogP contribution in [0.1, 0.15) is 25.7 Å². The van der Waals surface area contributed by atoms with Crippen LogP contribution in [0.5, 0.6) is 0 Å². The maximum absolute atomic E-state index is 14.3. The molecule has 0 aliphatic carbocycles. The van der Waals surface area contributed by atoms with Crippen molar-refractivity contribution in [2.45, 2.75) is 222 Å². The van der Waals surface area contributed by atoms with Crippen molar-refractivity contribution in [2.24, 2.45) is 5.73 Å². The Labute approximate surface area is 656 Å². The van der Waals surface area contributed by atoms with E-state index in [1.54, 1.807) is 4.74 Å². The predicted molar refractivity (Wildman–Crippen MR) is 259 cm³/mol. The molecule has 0 aromatic carbocycles. The Bertz CT molecular complexity index is 3190. The highest BCUT2D eigenvalue weighted by Gasteiger charge is 2.86. The van der Waals surface area contributed by atoms with Crippen LogP contribution in [0.4, 0.5) is 281 Å². The van der Waals surface area contributed by atoms with Crippen LogP contribution in [-0.2, 0) is 71.6 Å². The van der Waals surface area contributed by atoms with Gasteiger partial charge in [0.1, 0.15) is 0 Å². The molecule has 128 heavy (non-hydrogen) atoms. The molecule has 11 atom stereocenters. The van der Waals surface area contributed by atoms with Crippen molar-refractivity contribution in [3.05, 3.63) is 0 Å². The number of aliphatic hydroxyl groups is 1. The number of unbranched alkanes of at least 4 members (excludes halogenated alkanes) is 2. The van der Waals surface area contributed by atoms with E-state index in [0.29, 0.717) is 0 Å². The van der Waals surface area contributed by atoms with Crippen LogP contribution in [0.15, 0.2) is 0 Å². The largest absolute Gasteiger partial charge is 0.462 e. The molecule has 0 aliphatic heterocycles. The van der Waals surface area contributed by atoms with Gasteiger partial charge >= 0.3 is 172 Å². The molecular formula is C41H31F64N3O18P2. The van der Waals surface area contributed by atoms with Gasteiger partial charge in [-0.15, -0.1) is 0 Å². The average molecular weight is 2130 g/mol. The molecule has 0 spiro atoms. The van der Waals surface area contributed by atoms with Gasteiger partial charge in [-0.05, 0) is 19.3 Å². The summed E-state index contributed by atoms with van der Waals surface area (Å²) >= 11 is 0. The Hall–Kier alpha value is -5.36. The number of carbonyl (C=O) groups excluding carboxylic acids is 2. The molecule has 0 bridgehead atoms. The highest BCUT2D eigenvalue weighted by Crippen LogP contribution is 2.59. The van der Waals surface area contributed by atoms with Gasteiger partial charge in [-0.25, -0.2) is 32.5 Å². The summed E-state index contributed by atoms with van der Waals surface area (Å²) < 4.78 is 805. The van der Waals surface area contributed by atoms with E-state index in [9.17, 15) is 296 Å². The zero-order valence-corrected chi connectivity index (χ0v) is 58.8. The summed E-state index contributed by atoms with van der Waals surface area (Å²) in [5, 5.41) is 32.8. The van der Waals surface area contributed by atoms with E-state index in [4.69, 9.17) is 16.2 Å². The standard InChI is InChI=1S/C13H17F12NO10P2.C9H8F12N2O3.C8HF17O2.C6H2F12O2.C4H2F8O.CHF3/c14-7(15)31-10(17,12(21,22)23)13(24,25)32-9(16,11(18,19)20)6(27)26-5-3-1-2-4-8(28,37-35-33-29)38-36-34-30;10-4(11)25-6(13,8(17,18)19)9(20,21)26-5(12,7(14,15)16)3(24)23-2-1-22;9-1(2(10,11)12)26-8(24,25)4(15,6(19,20)21)27-7(22,23)3(13,14)5(16,17)18;7-1(3(10,11)12)19-6(17,18)4(13,5(14,15)16)20-2(8)9;5-1(6)4(11,12)13-2(7)3(8,9)10;2-1(3)4/h7,28-30,37-38H,1-5H2,(H,26,27);4H,1-2,22H2,(H,23,24);1H;1-2H;1-2H;1H. The first-order valence-corrected chi connectivity index (χ1v) is 29.5. The fourth-order valence-corrected chi connectivity index (χ4v) is 6.63. The third-order valence-corrected chi connectivity index (χ3v) is 12.9. The van der Waals surface area contributed by atoms with E-state index in [1.165, 1.54) is 4.74 Å². The van der Waals surface area contributed by atoms with Crippen molar-refractivity contribution in [2.75, 3.05) is 19.6 Å². The molecule has 7 N–H and O–H groups in total. The van der Waals surface area contributed by atoms with Gasteiger partial charge in [0.2, 0.25) is 0 Å². The molecule has 0 radical (unpaired) electrons. The van der Waals surface area contributed by atoms with Crippen LogP contribution < -0.4 is 16.4 Å². The van der Waals surface area contributed by atoms with Crippen molar-refractivity contribution in [1.29, 1.82) is 0 Å². The first kappa shape index (κ1) is 133. The number of hydrogen-bond donors (Lipinski definition) is 6. The molecule has 0 aromatic heterocycles. The summed E-state index contributed by atoms with van der Waals surface area (Å²) in [7, 11) is -2.11. The second-order valence-corrected chi connectivity index (χ2v) is 23.1. The lowest BCUT2D eigenvalue weighted by atomic mass is 10.2. The number of alkyl halides is 64. The Morgan fingerprint density at radius 1 is 0.312 bits per heavy atom. The third-order valence-electron chi connectivity index (χ3n) is 10.8. The van der Waals surface area contributed by atoms with Gasteiger partial charge < -0.3 is 21.5 Å². The Balaban J connectivity index is -0.000000372.